The number of hydrogen-bond donors (Lipinski definition) is 2. The Morgan fingerprint density at radius 2 is 1.72 bits per heavy atom. The van der Waals surface area contributed by atoms with Crippen molar-refractivity contribution in [3.8, 4) is 22.8 Å². The minimum absolute atomic E-state index is 0.0180. The molecule has 1 atom stereocenters. The fraction of sp³-hybridized carbons (Fsp3) is 0.0968. The fourth-order valence-electron chi connectivity index (χ4n) is 4.94. The first-order valence-corrected chi connectivity index (χ1v) is 13.1. The van der Waals surface area contributed by atoms with Crippen LogP contribution in [0, 0.1) is 0 Å². The molecule has 6 rings (SSSR count). The van der Waals surface area contributed by atoms with Crippen molar-refractivity contribution in [2.45, 2.75) is 19.2 Å². The molecular weight excluding hydrogens is 533 g/mol. The molecule has 5 aromatic rings. The number of benzene rings is 4. The maximum Gasteiger partial charge on any atom is 0.273 e. The van der Waals surface area contributed by atoms with Crippen molar-refractivity contribution in [3.05, 3.63) is 135 Å². The topological polar surface area (TPSA) is 78.5 Å². The molecule has 2 heterocycles. The van der Waals surface area contributed by atoms with Gasteiger partial charge in [0.05, 0.1) is 6.04 Å². The molecule has 0 bridgehead atoms. The van der Waals surface area contributed by atoms with E-state index < -0.39 is 6.04 Å². The lowest BCUT2D eigenvalue weighted by molar-refractivity contribution is 0.0730. The number of halogens is 2. The number of nitrogens with zero attached hydrogens (tertiary/aromatic N) is 2. The Balaban J connectivity index is 1.44. The second-order valence-corrected chi connectivity index (χ2v) is 10.1. The van der Waals surface area contributed by atoms with Crippen LogP contribution in [0.5, 0.6) is 11.5 Å². The molecule has 1 unspecified atom stereocenters. The predicted octanol–water partition coefficient (Wildman–Crippen LogP) is 7.41. The van der Waals surface area contributed by atoms with Crippen LogP contribution in [0.3, 0.4) is 0 Å². The third-order valence-corrected chi connectivity index (χ3v) is 7.40. The van der Waals surface area contributed by atoms with Gasteiger partial charge in [0.15, 0.2) is 0 Å². The van der Waals surface area contributed by atoms with Crippen molar-refractivity contribution in [1.82, 2.24) is 15.1 Å². The number of amides is 1. The Labute approximate surface area is 235 Å². The highest BCUT2D eigenvalue weighted by molar-refractivity contribution is 6.31. The molecule has 0 radical (unpaired) electrons. The Bertz CT molecular complexity index is 1670. The molecule has 8 heteroatoms. The summed E-state index contributed by atoms with van der Waals surface area (Å²) in [6, 6.07) is 29.3. The molecule has 0 fully saturated rings. The molecule has 39 heavy (non-hydrogen) atoms. The first-order valence-electron chi connectivity index (χ1n) is 12.4. The minimum Gasteiger partial charge on any atom is -0.507 e. The van der Waals surface area contributed by atoms with E-state index in [1.54, 1.807) is 23.1 Å². The predicted molar refractivity (Wildman–Crippen MR) is 151 cm³/mol. The van der Waals surface area contributed by atoms with Gasteiger partial charge < -0.3 is 14.7 Å². The van der Waals surface area contributed by atoms with Crippen LogP contribution in [0.15, 0.2) is 97.1 Å². The minimum atomic E-state index is -0.517. The van der Waals surface area contributed by atoms with E-state index in [9.17, 15) is 9.90 Å². The lowest BCUT2D eigenvalue weighted by Crippen LogP contribution is -2.29. The van der Waals surface area contributed by atoms with E-state index in [1.807, 2.05) is 72.8 Å². The van der Waals surface area contributed by atoms with Gasteiger partial charge in [-0.2, -0.15) is 5.10 Å². The second-order valence-electron chi connectivity index (χ2n) is 9.30. The van der Waals surface area contributed by atoms with Gasteiger partial charge in [0.25, 0.3) is 5.91 Å². The summed E-state index contributed by atoms with van der Waals surface area (Å²) in [6.07, 6.45) is 0. The van der Waals surface area contributed by atoms with Crippen LogP contribution >= 0.6 is 23.2 Å². The number of hydrogen-bond acceptors (Lipinski definition) is 4. The van der Waals surface area contributed by atoms with Crippen LogP contribution in [0.4, 0.5) is 0 Å². The number of carbonyl (C=O) groups is 1. The molecule has 1 aromatic heterocycles. The third kappa shape index (κ3) is 4.85. The van der Waals surface area contributed by atoms with Crippen LogP contribution in [0.2, 0.25) is 10.0 Å². The zero-order chi connectivity index (χ0) is 26.9. The quantitative estimate of drug-likeness (QED) is 0.219. The summed E-state index contributed by atoms with van der Waals surface area (Å²) in [7, 11) is 0. The summed E-state index contributed by atoms with van der Waals surface area (Å²) < 4.78 is 6.11. The molecule has 194 valence electrons. The van der Waals surface area contributed by atoms with Crippen molar-refractivity contribution in [3.63, 3.8) is 0 Å². The van der Waals surface area contributed by atoms with Crippen molar-refractivity contribution >= 4 is 29.1 Å². The summed E-state index contributed by atoms with van der Waals surface area (Å²) in [5, 5.41) is 19.1. The number of phenolic OH excluding ortho intramolecular Hbond substituents is 1. The largest absolute Gasteiger partial charge is 0.507 e. The number of aromatic amines is 1. The summed E-state index contributed by atoms with van der Waals surface area (Å²) in [5.74, 6) is 0.473. The summed E-state index contributed by atoms with van der Waals surface area (Å²) in [6.45, 7) is 0.692. The number of aromatic nitrogens is 2. The molecule has 0 aliphatic carbocycles. The van der Waals surface area contributed by atoms with E-state index >= 15 is 0 Å². The van der Waals surface area contributed by atoms with Crippen LogP contribution in [0.1, 0.15) is 38.8 Å². The number of rotatable bonds is 7. The van der Waals surface area contributed by atoms with Crippen LogP contribution < -0.4 is 4.74 Å². The van der Waals surface area contributed by atoms with Crippen molar-refractivity contribution in [2.24, 2.45) is 0 Å². The summed E-state index contributed by atoms with van der Waals surface area (Å²) in [4.78, 5) is 15.5. The van der Waals surface area contributed by atoms with Gasteiger partial charge in [0, 0.05) is 27.7 Å². The second kappa shape index (κ2) is 10.5. The molecule has 1 aliphatic heterocycles. The van der Waals surface area contributed by atoms with Gasteiger partial charge >= 0.3 is 0 Å². The normalized spacial score (nSPS) is 14.5. The van der Waals surface area contributed by atoms with Gasteiger partial charge in [-0.3, -0.25) is 9.89 Å². The van der Waals surface area contributed by atoms with E-state index in [-0.39, 0.29) is 18.2 Å². The number of phenols is 1. The summed E-state index contributed by atoms with van der Waals surface area (Å²) in [5.41, 5.74) is 4.62. The Morgan fingerprint density at radius 3 is 2.54 bits per heavy atom. The third-order valence-electron chi connectivity index (χ3n) is 6.80. The number of ether oxygens (including phenoxy) is 1. The molecule has 2 N–H and O–H groups in total. The van der Waals surface area contributed by atoms with Crippen molar-refractivity contribution in [1.29, 1.82) is 0 Å². The number of H-pyrrole nitrogens is 1. The van der Waals surface area contributed by atoms with Gasteiger partial charge in [-0.05, 0) is 53.1 Å². The van der Waals surface area contributed by atoms with E-state index in [1.165, 1.54) is 6.07 Å². The Kier molecular flexibility index (Phi) is 6.73. The first kappa shape index (κ1) is 25.0. The van der Waals surface area contributed by atoms with Gasteiger partial charge in [-0.25, -0.2) is 0 Å². The SMILES string of the molecule is O=C1c2[nH]nc(-c3cc(Cl)ccc3O)c2C(c2cccc(OCc3ccccc3)c2)N1Cc1ccccc1Cl. The number of carbonyl (C=O) groups excluding carboxylic acids is 1. The lowest BCUT2D eigenvalue weighted by Gasteiger charge is -2.27. The van der Waals surface area contributed by atoms with Gasteiger partial charge in [0.1, 0.15) is 29.5 Å². The molecule has 1 amide bonds. The van der Waals surface area contributed by atoms with E-state index in [0.717, 1.165) is 16.7 Å². The fourth-order valence-corrected chi connectivity index (χ4v) is 5.30. The highest BCUT2D eigenvalue weighted by Gasteiger charge is 2.42. The first-order chi connectivity index (χ1) is 19.0. The average molecular weight is 556 g/mol. The zero-order valence-electron chi connectivity index (χ0n) is 20.6. The maximum atomic E-state index is 13.8. The van der Waals surface area contributed by atoms with Crippen LogP contribution in [-0.4, -0.2) is 26.1 Å². The standard InChI is InChI=1S/C31H23Cl2N3O3/c32-22-13-14-26(37)24(16-22)28-27-29(35-34-28)31(38)36(17-21-9-4-5-12-25(21)33)30(27)20-10-6-11-23(15-20)39-18-19-7-2-1-3-8-19/h1-16,30,37H,17-18H2,(H,34,35). The molecule has 4 aromatic carbocycles. The maximum absolute atomic E-state index is 13.8. The smallest absolute Gasteiger partial charge is 0.273 e. The molecule has 0 saturated heterocycles. The number of nitrogens with one attached hydrogen (secondary N) is 1. The Hall–Kier alpha value is -4.26. The van der Waals surface area contributed by atoms with E-state index in [0.29, 0.717) is 44.9 Å². The molecule has 1 aliphatic rings. The highest BCUT2D eigenvalue weighted by Crippen LogP contribution is 2.46. The van der Waals surface area contributed by atoms with Crippen LogP contribution in [0.25, 0.3) is 11.3 Å². The highest BCUT2D eigenvalue weighted by atomic mass is 35.5. The van der Waals surface area contributed by atoms with Gasteiger partial charge in [-0.1, -0.05) is 83.9 Å². The van der Waals surface area contributed by atoms with Crippen molar-refractivity contribution < 1.29 is 14.6 Å². The molecule has 0 spiro atoms. The number of fused-ring (bicyclic) bond motifs is 1. The van der Waals surface area contributed by atoms with Crippen LogP contribution in [-0.2, 0) is 13.2 Å². The Morgan fingerprint density at radius 1 is 0.923 bits per heavy atom. The average Bonchev–Trinajstić information content (AvgIpc) is 3.49. The molecule has 6 nitrogen and oxygen atoms in total. The molecule has 0 saturated carbocycles. The van der Waals surface area contributed by atoms with E-state index in [4.69, 9.17) is 27.9 Å². The van der Waals surface area contributed by atoms with E-state index in [2.05, 4.69) is 10.2 Å². The summed E-state index contributed by atoms with van der Waals surface area (Å²) >= 11 is 12.8. The van der Waals surface area contributed by atoms with Gasteiger partial charge in [0.2, 0.25) is 0 Å². The van der Waals surface area contributed by atoms with Crippen molar-refractivity contribution in [2.75, 3.05) is 0 Å². The lowest BCUT2D eigenvalue weighted by atomic mass is 9.95. The van der Waals surface area contributed by atoms with Gasteiger partial charge in [-0.15, -0.1) is 0 Å². The number of aromatic hydroxyl groups is 1. The zero-order valence-corrected chi connectivity index (χ0v) is 22.2. The molecular formula is C31H23Cl2N3O3. The monoisotopic (exact) mass is 555 g/mol.